The number of aliphatic hydroxyl groups excluding tert-OH is 1. The summed E-state index contributed by atoms with van der Waals surface area (Å²) in [5.41, 5.74) is 0.362. The summed E-state index contributed by atoms with van der Waals surface area (Å²) in [4.78, 5) is 0. The number of nitrogens with one attached hydrogen (secondary N) is 1. The summed E-state index contributed by atoms with van der Waals surface area (Å²) in [5, 5.41) is 21.3. The van der Waals surface area contributed by atoms with Crippen molar-refractivity contribution in [2.75, 3.05) is 18.5 Å². The van der Waals surface area contributed by atoms with Crippen LogP contribution in [0.15, 0.2) is 18.2 Å². The fraction of sp³-hybridized carbons (Fsp3) is 0.462. The molecule has 96 valence electrons. The second-order valence-corrected chi connectivity index (χ2v) is 4.26. The van der Waals surface area contributed by atoms with Crippen molar-refractivity contribution in [3.63, 3.8) is 0 Å². The highest BCUT2D eigenvalue weighted by Gasteiger charge is 2.26. The zero-order chi connectivity index (χ0) is 13.0. The Morgan fingerprint density at radius 2 is 2.44 bits per heavy atom. The summed E-state index contributed by atoms with van der Waals surface area (Å²) in [6, 6.07) is 5.90. The first-order valence-corrected chi connectivity index (χ1v) is 5.94. The van der Waals surface area contributed by atoms with E-state index in [1.165, 1.54) is 12.1 Å². The van der Waals surface area contributed by atoms with Crippen LogP contribution >= 0.6 is 0 Å². The standard InChI is InChI=1S/C13H15FN2O2/c14-10-3-1-4-11(9(10)7-15)16-12(8-17)13-5-2-6-18-13/h1,3-4,12-13,16-17H,2,5-6,8H2/t12-,13+/m0/s1. The van der Waals surface area contributed by atoms with Crippen molar-refractivity contribution in [1.29, 1.82) is 5.26 Å². The average molecular weight is 250 g/mol. The predicted octanol–water partition coefficient (Wildman–Crippen LogP) is 1.65. The van der Waals surface area contributed by atoms with Gasteiger partial charge in [0.05, 0.1) is 24.4 Å². The first-order chi connectivity index (χ1) is 8.76. The third kappa shape index (κ3) is 2.61. The van der Waals surface area contributed by atoms with Gasteiger partial charge in [0.1, 0.15) is 17.4 Å². The first kappa shape index (κ1) is 12.8. The quantitative estimate of drug-likeness (QED) is 0.852. The van der Waals surface area contributed by atoms with Gasteiger partial charge in [0.2, 0.25) is 0 Å². The monoisotopic (exact) mass is 250 g/mol. The Bertz CT molecular complexity index is 453. The summed E-state index contributed by atoms with van der Waals surface area (Å²) >= 11 is 0. The van der Waals surface area contributed by atoms with Crippen molar-refractivity contribution < 1.29 is 14.2 Å². The van der Waals surface area contributed by atoms with Gasteiger partial charge < -0.3 is 15.2 Å². The molecule has 1 fully saturated rings. The van der Waals surface area contributed by atoms with Crippen LogP contribution in [-0.4, -0.2) is 30.5 Å². The lowest BCUT2D eigenvalue weighted by Gasteiger charge is -2.23. The number of hydrogen-bond acceptors (Lipinski definition) is 4. The van der Waals surface area contributed by atoms with E-state index in [4.69, 9.17) is 10.00 Å². The topological polar surface area (TPSA) is 65.3 Å². The summed E-state index contributed by atoms with van der Waals surface area (Å²) in [6.45, 7) is 0.559. The van der Waals surface area contributed by atoms with E-state index in [1.54, 1.807) is 6.07 Å². The van der Waals surface area contributed by atoms with E-state index < -0.39 is 5.82 Å². The minimum atomic E-state index is -0.563. The fourth-order valence-electron chi connectivity index (χ4n) is 2.13. The van der Waals surface area contributed by atoms with Crippen molar-refractivity contribution in [2.45, 2.75) is 25.0 Å². The maximum atomic E-state index is 13.4. The predicted molar refractivity (Wildman–Crippen MR) is 64.6 cm³/mol. The van der Waals surface area contributed by atoms with Gasteiger partial charge in [-0.3, -0.25) is 0 Å². The molecule has 0 spiro atoms. The third-order valence-corrected chi connectivity index (χ3v) is 3.08. The van der Waals surface area contributed by atoms with Gasteiger partial charge in [0, 0.05) is 6.61 Å². The number of nitriles is 1. The smallest absolute Gasteiger partial charge is 0.143 e. The third-order valence-electron chi connectivity index (χ3n) is 3.08. The Morgan fingerprint density at radius 1 is 1.61 bits per heavy atom. The van der Waals surface area contributed by atoms with Crippen LogP contribution < -0.4 is 5.32 Å². The number of aliphatic hydroxyl groups is 1. The van der Waals surface area contributed by atoms with Crippen LogP contribution in [-0.2, 0) is 4.74 Å². The van der Waals surface area contributed by atoms with Gasteiger partial charge in [0.25, 0.3) is 0 Å². The van der Waals surface area contributed by atoms with Gasteiger partial charge in [0.15, 0.2) is 0 Å². The molecule has 0 saturated carbocycles. The molecule has 1 aromatic rings. The Morgan fingerprint density at radius 3 is 3.06 bits per heavy atom. The molecule has 1 heterocycles. The molecule has 1 aliphatic heterocycles. The molecule has 0 amide bonds. The number of halogens is 1. The van der Waals surface area contributed by atoms with Gasteiger partial charge >= 0.3 is 0 Å². The Kier molecular flexibility index (Phi) is 4.13. The molecule has 0 radical (unpaired) electrons. The van der Waals surface area contributed by atoms with E-state index in [0.29, 0.717) is 12.3 Å². The summed E-state index contributed by atoms with van der Waals surface area (Å²) in [6.07, 6.45) is 1.72. The molecule has 0 unspecified atom stereocenters. The molecular weight excluding hydrogens is 235 g/mol. The summed E-state index contributed by atoms with van der Waals surface area (Å²) < 4.78 is 18.9. The minimum Gasteiger partial charge on any atom is -0.394 e. The lowest BCUT2D eigenvalue weighted by molar-refractivity contribution is 0.0758. The summed E-state index contributed by atoms with van der Waals surface area (Å²) in [7, 11) is 0. The zero-order valence-electron chi connectivity index (χ0n) is 9.90. The van der Waals surface area contributed by atoms with E-state index in [0.717, 1.165) is 12.8 Å². The molecule has 5 heteroatoms. The highest BCUT2D eigenvalue weighted by atomic mass is 19.1. The SMILES string of the molecule is N#Cc1c(F)cccc1N[C@@H](CO)[C@H]1CCCO1. The van der Waals surface area contributed by atoms with Crippen LogP contribution in [0.25, 0.3) is 0 Å². The second-order valence-electron chi connectivity index (χ2n) is 4.26. The average Bonchev–Trinajstić information content (AvgIpc) is 2.89. The Hall–Kier alpha value is -1.64. The number of nitrogens with zero attached hydrogens (tertiary/aromatic N) is 1. The van der Waals surface area contributed by atoms with Crippen LogP contribution in [0.1, 0.15) is 18.4 Å². The molecule has 18 heavy (non-hydrogen) atoms. The lowest BCUT2D eigenvalue weighted by Crippen LogP contribution is -2.36. The zero-order valence-corrected chi connectivity index (χ0v) is 9.90. The van der Waals surface area contributed by atoms with Crippen molar-refractivity contribution >= 4 is 5.69 Å². The molecule has 1 saturated heterocycles. The van der Waals surface area contributed by atoms with Gasteiger partial charge in [-0.15, -0.1) is 0 Å². The molecule has 0 bridgehead atoms. The summed E-state index contributed by atoms with van der Waals surface area (Å²) in [5.74, 6) is -0.563. The van der Waals surface area contributed by atoms with E-state index in [9.17, 15) is 9.50 Å². The minimum absolute atomic E-state index is 0.0334. The van der Waals surface area contributed by atoms with Gasteiger partial charge in [-0.05, 0) is 25.0 Å². The molecule has 1 aliphatic rings. The van der Waals surface area contributed by atoms with Crippen molar-refractivity contribution in [3.05, 3.63) is 29.6 Å². The maximum Gasteiger partial charge on any atom is 0.143 e. The highest BCUT2D eigenvalue weighted by Crippen LogP contribution is 2.22. The molecule has 2 atom stereocenters. The van der Waals surface area contributed by atoms with Gasteiger partial charge in [-0.25, -0.2) is 4.39 Å². The highest BCUT2D eigenvalue weighted by molar-refractivity contribution is 5.58. The molecule has 4 nitrogen and oxygen atoms in total. The molecule has 2 N–H and O–H groups in total. The molecule has 0 aliphatic carbocycles. The first-order valence-electron chi connectivity index (χ1n) is 5.94. The fourth-order valence-corrected chi connectivity index (χ4v) is 2.13. The number of anilines is 1. The number of hydrogen-bond donors (Lipinski definition) is 2. The molecular formula is C13H15FN2O2. The number of ether oxygens (including phenoxy) is 1. The van der Waals surface area contributed by atoms with Gasteiger partial charge in [-0.2, -0.15) is 5.26 Å². The van der Waals surface area contributed by atoms with Crippen LogP contribution in [0.3, 0.4) is 0 Å². The molecule has 1 aromatic carbocycles. The van der Waals surface area contributed by atoms with E-state index in [2.05, 4.69) is 5.32 Å². The van der Waals surface area contributed by atoms with E-state index >= 15 is 0 Å². The van der Waals surface area contributed by atoms with Crippen LogP contribution in [0.2, 0.25) is 0 Å². The second kappa shape index (κ2) is 5.80. The van der Waals surface area contributed by atoms with Crippen LogP contribution in [0.4, 0.5) is 10.1 Å². The number of benzene rings is 1. The molecule has 0 aromatic heterocycles. The van der Waals surface area contributed by atoms with E-state index in [-0.39, 0.29) is 24.3 Å². The van der Waals surface area contributed by atoms with E-state index in [1.807, 2.05) is 6.07 Å². The normalized spacial score (nSPS) is 20.4. The van der Waals surface area contributed by atoms with Crippen molar-refractivity contribution in [3.8, 4) is 6.07 Å². The number of rotatable bonds is 4. The Balaban J connectivity index is 2.17. The largest absolute Gasteiger partial charge is 0.394 e. The lowest BCUT2D eigenvalue weighted by atomic mass is 10.1. The van der Waals surface area contributed by atoms with Gasteiger partial charge in [-0.1, -0.05) is 6.07 Å². The van der Waals surface area contributed by atoms with Crippen molar-refractivity contribution in [2.24, 2.45) is 0 Å². The molecule has 2 rings (SSSR count). The maximum absolute atomic E-state index is 13.4. The van der Waals surface area contributed by atoms with Crippen LogP contribution in [0.5, 0.6) is 0 Å². The van der Waals surface area contributed by atoms with Crippen molar-refractivity contribution in [1.82, 2.24) is 0 Å². The Labute approximate surface area is 105 Å². The van der Waals surface area contributed by atoms with Crippen LogP contribution in [0, 0.1) is 17.1 Å².